The first-order valence-electron chi connectivity index (χ1n) is 5.96. The van der Waals surface area contributed by atoms with E-state index < -0.39 is 0 Å². The third-order valence-electron chi connectivity index (χ3n) is 2.65. The highest BCUT2D eigenvalue weighted by atomic mass is 127. The Morgan fingerprint density at radius 1 is 1.39 bits per heavy atom. The molecule has 2 heterocycles. The molecule has 2 aromatic heterocycles. The second kappa shape index (κ2) is 5.79. The number of hydrogen-bond acceptors (Lipinski definition) is 3. The lowest BCUT2D eigenvalue weighted by Crippen LogP contribution is -2.09. The van der Waals surface area contributed by atoms with Crippen molar-refractivity contribution in [1.29, 1.82) is 0 Å². The Kier molecular flexibility index (Phi) is 4.34. The highest BCUT2D eigenvalue weighted by Gasteiger charge is 2.08. The predicted molar refractivity (Wildman–Crippen MR) is 80.9 cm³/mol. The molecule has 5 heteroatoms. The molecule has 0 aromatic carbocycles. The van der Waals surface area contributed by atoms with Crippen molar-refractivity contribution in [3.05, 3.63) is 39.4 Å². The van der Waals surface area contributed by atoms with Crippen LogP contribution in [-0.2, 0) is 6.54 Å². The van der Waals surface area contributed by atoms with Gasteiger partial charge in [-0.3, -0.25) is 0 Å². The van der Waals surface area contributed by atoms with Crippen LogP contribution in [0.5, 0.6) is 0 Å². The summed E-state index contributed by atoms with van der Waals surface area (Å²) in [5.74, 6) is 1.30. The van der Waals surface area contributed by atoms with Crippen LogP contribution in [-0.4, -0.2) is 21.8 Å². The molecule has 0 aliphatic carbocycles. The van der Waals surface area contributed by atoms with Gasteiger partial charge in [-0.2, -0.15) is 5.10 Å². The smallest absolute Gasteiger partial charge is 0.153 e. The summed E-state index contributed by atoms with van der Waals surface area (Å²) in [6.45, 7) is 5.15. The SMILES string of the molecule is CNCc1cc(C(C)C)nc(-n2cc(I)cn2)c1. The second-order valence-corrected chi connectivity index (χ2v) is 5.79. The summed E-state index contributed by atoms with van der Waals surface area (Å²) in [7, 11) is 1.95. The molecule has 0 fully saturated rings. The van der Waals surface area contributed by atoms with Crippen LogP contribution in [0.4, 0.5) is 0 Å². The molecule has 0 saturated heterocycles. The van der Waals surface area contributed by atoms with Crippen molar-refractivity contribution in [3.8, 4) is 5.82 Å². The first kappa shape index (κ1) is 13.5. The largest absolute Gasteiger partial charge is 0.316 e. The van der Waals surface area contributed by atoms with Crippen LogP contribution in [0.15, 0.2) is 24.5 Å². The van der Waals surface area contributed by atoms with Crippen molar-refractivity contribution in [3.63, 3.8) is 0 Å². The number of rotatable bonds is 4. The molecule has 4 nitrogen and oxygen atoms in total. The van der Waals surface area contributed by atoms with E-state index in [4.69, 9.17) is 0 Å². The van der Waals surface area contributed by atoms with Crippen molar-refractivity contribution in [2.75, 3.05) is 7.05 Å². The lowest BCUT2D eigenvalue weighted by atomic mass is 10.1. The van der Waals surface area contributed by atoms with Crippen LogP contribution in [0.2, 0.25) is 0 Å². The lowest BCUT2D eigenvalue weighted by molar-refractivity contribution is 0.760. The van der Waals surface area contributed by atoms with Crippen LogP contribution in [0.25, 0.3) is 5.82 Å². The van der Waals surface area contributed by atoms with E-state index in [1.807, 2.05) is 24.1 Å². The van der Waals surface area contributed by atoms with Crippen LogP contribution in [0.1, 0.15) is 31.0 Å². The van der Waals surface area contributed by atoms with Gasteiger partial charge in [0.25, 0.3) is 0 Å². The van der Waals surface area contributed by atoms with E-state index in [2.05, 4.69) is 64.0 Å². The van der Waals surface area contributed by atoms with Crippen molar-refractivity contribution in [2.24, 2.45) is 0 Å². The minimum atomic E-state index is 0.412. The van der Waals surface area contributed by atoms with Crippen LogP contribution >= 0.6 is 22.6 Å². The average Bonchev–Trinajstić information content (AvgIpc) is 2.76. The third kappa shape index (κ3) is 3.08. The minimum absolute atomic E-state index is 0.412. The predicted octanol–water partition coefficient (Wildman–Crippen LogP) is 2.71. The average molecular weight is 356 g/mol. The number of halogens is 1. The van der Waals surface area contributed by atoms with E-state index in [1.165, 1.54) is 5.56 Å². The first-order chi connectivity index (χ1) is 8.60. The fourth-order valence-corrected chi connectivity index (χ4v) is 2.13. The minimum Gasteiger partial charge on any atom is -0.316 e. The Morgan fingerprint density at radius 3 is 2.72 bits per heavy atom. The van der Waals surface area contributed by atoms with Gasteiger partial charge in [-0.25, -0.2) is 9.67 Å². The maximum Gasteiger partial charge on any atom is 0.153 e. The highest BCUT2D eigenvalue weighted by Crippen LogP contribution is 2.17. The molecule has 1 N–H and O–H groups in total. The van der Waals surface area contributed by atoms with Crippen molar-refractivity contribution < 1.29 is 0 Å². The van der Waals surface area contributed by atoms with Gasteiger partial charge in [-0.05, 0) is 53.3 Å². The molecule has 0 spiro atoms. The van der Waals surface area contributed by atoms with Gasteiger partial charge in [0.15, 0.2) is 5.82 Å². The molecular weight excluding hydrogens is 339 g/mol. The molecule has 0 atom stereocenters. The molecule has 0 bridgehead atoms. The van der Waals surface area contributed by atoms with Gasteiger partial charge in [-0.1, -0.05) is 13.8 Å². The number of nitrogens with zero attached hydrogens (tertiary/aromatic N) is 3. The molecule has 0 amide bonds. The zero-order valence-electron chi connectivity index (χ0n) is 10.8. The van der Waals surface area contributed by atoms with Crippen molar-refractivity contribution in [1.82, 2.24) is 20.1 Å². The molecule has 2 aromatic rings. The van der Waals surface area contributed by atoms with E-state index >= 15 is 0 Å². The summed E-state index contributed by atoms with van der Waals surface area (Å²) in [4.78, 5) is 4.67. The van der Waals surface area contributed by atoms with Gasteiger partial charge in [-0.15, -0.1) is 0 Å². The van der Waals surface area contributed by atoms with Gasteiger partial charge in [0, 0.05) is 18.4 Å². The summed E-state index contributed by atoms with van der Waals surface area (Å²) in [6.07, 6.45) is 3.82. The molecule has 18 heavy (non-hydrogen) atoms. The van der Waals surface area contributed by atoms with E-state index in [9.17, 15) is 0 Å². The molecule has 0 saturated carbocycles. The Morgan fingerprint density at radius 2 is 2.17 bits per heavy atom. The monoisotopic (exact) mass is 356 g/mol. The molecule has 2 rings (SSSR count). The lowest BCUT2D eigenvalue weighted by Gasteiger charge is -2.11. The molecule has 0 unspecified atom stereocenters. The summed E-state index contributed by atoms with van der Waals surface area (Å²) >= 11 is 2.25. The van der Waals surface area contributed by atoms with Gasteiger partial charge < -0.3 is 5.32 Å². The van der Waals surface area contributed by atoms with Gasteiger partial charge in [0.2, 0.25) is 0 Å². The number of pyridine rings is 1. The molecule has 0 radical (unpaired) electrons. The van der Waals surface area contributed by atoms with Gasteiger partial charge in [0.05, 0.1) is 9.77 Å². The molecule has 0 aliphatic rings. The Bertz CT molecular complexity index is 534. The van der Waals surface area contributed by atoms with E-state index in [0.717, 1.165) is 21.6 Å². The van der Waals surface area contributed by atoms with E-state index in [-0.39, 0.29) is 0 Å². The van der Waals surface area contributed by atoms with Crippen LogP contribution < -0.4 is 5.32 Å². The van der Waals surface area contributed by atoms with Crippen molar-refractivity contribution >= 4 is 22.6 Å². The topological polar surface area (TPSA) is 42.7 Å². The maximum absolute atomic E-state index is 4.67. The summed E-state index contributed by atoms with van der Waals surface area (Å²) < 4.78 is 2.94. The highest BCUT2D eigenvalue weighted by molar-refractivity contribution is 14.1. The zero-order chi connectivity index (χ0) is 13.1. The van der Waals surface area contributed by atoms with Crippen LogP contribution in [0.3, 0.4) is 0 Å². The van der Waals surface area contributed by atoms with Gasteiger partial charge >= 0.3 is 0 Å². The fourth-order valence-electron chi connectivity index (χ4n) is 1.74. The van der Waals surface area contributed by atoms with E-state index in [0.29, 0.717) is 5.92 Å². The molecule has 96 valence electrons. The zero-order valence-corrected chi connectivity index (χ0v) is 13.0. The molecule has 0 aliphatic heterocycles. The second-order valence-electron chi connectivity index (χ2n) is 4.55. The Hall–Kier alpha value is -0.950. The first-order valence-corrected chi connectivity index (χ1v) is 7.04. The summed E-state index contributed by atoms with van der Waals surface area (Å²) in [5.41, 5.74) is 2.33. The quantitative estimate of drug-likeness (QED) is 0.857. The fraction of sp³-hybridized carbons (Fsp3) is 0.385. The molecular formula is C13H17IN4. The Labute approximate surface area is 121 Å². The van der Waals surface area contributed by atoms with Gasteiger partial charge in [0.1, 0.15) is 0 Å². The normalized spacial score (nSPS) is 11.2. The maximum atomic E-state index is 4.67. The third-order valence-corrected chi connectivity index (χ3v) is 3.21. The Balaban J connectivity index is 2.45. The van der Waals surface area contributed by atoms with Crippen molar-refractivity contribution in [2.45, 2.75) is 26.3 Å². The number of nitrogens with one attached hydrogen (secondary N) is 1. The standard InChI is InChI=1S/C13H17IN4/c1-9(2)12-4-10(6-15-3)5-13(17-12)18-8-11(14)7-16-18/h4-5,7-9,15H,6H2,1-3H3. The van der Waals surface area contributed by atoms with Crippen LogP contribution in [0, 0.1) is 3.57 Å². The number of hydrogen-bond donors (Lipinski definition) is 1. The number of aromatic nitrogens is 3. The summed E-state index contributed by atoms with van der Waals surface area (Å²) in [6, 6.07) is 4.23. The summed E-state index contributed by atoms with van der Waals surface area (Å²) in [5, 5.41) is 7.49. The van der Waals surface area contributed by atoms with E-state index in [1.54, 1.807) is 0 Å².